The van der Waals surface area contributed by atoms with E-state index in [4.69, 9.17) is 0 Å². The Bertz CT molecular complexity index is 1210. The molecule has 5 nitrogen and oxygen atoms in total. The SMILES string of the molecule is Cc1ccc(S(=O)(=O)N(CC(=O)NCCCc2ccc(F)cc2)c2ccc(C)cc2C)cc1. The Labute approximate surface area is 195 Å². The van der Waals surface area contributed by atoms with Crippen LogP contribution < -0.4 is 9.62 Å². The zero-order valence-corrected chi connectivity index (χ0v) is 20.0. The monoisotopic (exact) mass is 468 g/mol. The Hall–Kier alpha value is -3.19. The number of aryl methyl sites for hydroxylation is 4. The number of nitrogens with one attached hydrogen (secondary N) is 1. The summed E-state index contributed by atoms with van der Waals surface area (Å²) in [6, 6.07) is 18.3. The van der Waals surface area contributed by atoms with Crippen LogP contribution in [0.2, 0.25) is 0 Å². The van der Waals surface area contributed by atoms with E-state index in [2.05, 4.69) is 5.32 Å². The second-order valence-electron chi connectivity index (χ2n) is 8.19. The van der Waals surface area contributed by atoms with Gasteiger partial charge in [0.05, 0.1) is 10.6 Å². The van der Waals surface area contributed by atoms with Crippen molar-refractivity contribution in [2.45, 2.75) is 38.5 Å². The molecule has 3 aromatic carbocycles. The molecule has 0 unspecified atom stereocenters. The summed E-state index contributed by atoms with van der Waals surface area (Å²) in [5.74, 6) is -0.668. The molecule has 3 aromatic rings. The summed E-state index contributed by atoms with van der Waals surface area (Å²) >= 11 is 0. The summed E-state index contributed by atoms with van der Waals surface area (Å²) in [6.07, 6.45) is 1.34. The van der Waals surface area contributed by atoms with Crippen molar-refractivity contribution in [3.8, 4) is 0 Å². The fourth-order valence-corrected chi connectivity index (χ4v) is 5.07. The highest BCUT2D eigenvalue weighted by Crippen LogP contribution is 2.27. The minimum absolute atomic E-state index is 0.136. The minimum atomic E-state index is -3.94. The number of hydrogen-bond acceptors (Lipinski definition) is 3. The van der Waals surface area contributed by atoms with Crippen molar-refractivity contribution >= 4 is 21.6 Å². The molecule has 0 saturated carbocycles. The number of nitrogens with zero attached hydrogens (tertiary/aromatic N) is 1. The van der Waals surface area contributed by atoms with Gasteiger partial charge in [-0.1, -0.05) is 47.5 Å². The zero-order chi connectivity index (χ0) is 24.0. The molecule has 1 amide bonds. The molecule has 3 rings (SSSR count). The molecule has 33 heavy (non-hydrogen) atoms. The van der Waals surface area contributed by atoms with E-state index in [1.807, 2.05) is 32.9 Å². The lowest BCUT2D eigenvalue weighted by atomic mass is 10.1. The third-order valence-corrected chi connectivity index (χ3v) is 7.17. The average Bonchev–Trinajstić information content (AvgIpc) is 2.77. The van der Waals surface area contributed by atoms with Gasteiger partial charge in [0.15, 0.2) is 0 Å². The molecule has 7 heteroatoms. The standard InChI is InChI=1S/C26H29FN2O3S/c1-19-6-13-24(14-7-19)33(31,32)29(25-15-8-20(2)17-21(25)3)18-26(30)28-16-4-5-22-9-11-23(27)12-10-22/h6-15,17H,4-5,16,18H2,1-3H3,(H,28,30). The lowest BCUT2D eigenvalue weighted by Crippen LogP contribution is -2.41. The van der Waals surface area contributed by atoms with Crippen molar-refractivity contribution in [2.75, 3.05) is 17.4 Å². The lowest BCUT2D eigenvalue weighted by Gasteiger charge is -2.26. The predicted octanol–water partition coefficient (Wildman–Crippen LogP) is 4.70. The molecule has 174 valence electrons. The van der Waals surface area contributed by atoms with E-state index in [0.717, 1.165) is 22.3 Å². The van der Waals surface area contributed by atoms with E-state index >= 15 is 0 Å². The molecule has 0 aliphatic heterocycles. The van der Waals surface area contributed by atoms with Crippen LogP contribution in [-0.4, -0.2) is 27.4 Å². The number of rotatable bonds is 9. The Balaban J connectivity index is 1.74. The molecule has 0 radical (unpaired) electrons. The number of benzene rings is 3. The third-order valence-electron chi connectivity index (χ3n) is 5.39. The topological polar surface area (TPSA) is 66.5 Å². The molecule has 0 aromatic heterocycles. The van der Waals surface area contributed by atoms with Gasteiger partial charge in [0.25, 0.3) is 10.0 Å². The Morgan fingerprint density at radius 2 is 1.55 bits per heavy atom. The number of anilines is 1. The maximum absolute atomic E-state index is 13.5. The first-order valence-electron chi connectivity index (χ1n) is 10.8. The fourth-order valence-electron chi connectivity index (χ4n) is 3.58. The molecule has 0 heterocycles. The van der Waals surface area contributed by atoms with Gasteiger partial charge < -0.3 is 5.32 Å². The molecule has 0 spiro atoms. The first-order valence-corrected chi connectivity index (χ1v) is 12.3. The molecular formula is C26H29FN2O3S. The number of carbonyl (C=O) groups excluding carboxylic acids is 1. The molecule has 0 saturated heterocycles. The smallest absolute Gasteiger partial charge is 0.264 e. The molecule has 0 aliphatic rings. The number of hydrogen-bond donors (Lipinski definition) is 1. The van der Waals surface area contributed by atoms with Crippen LogP contribution in [-0.2, 0) is 21.2 Å². The van der Waals surface area contributed by atoms with Crippen LogP contribution in [0, 0.1) is 26.6 Å². The Morgan fingerprint density at radius 3 is 2.18 bits per heavy atom. The van der Waals surface area contributed by atoms with Crippen LogP contribution in [0.25, 0.3) is 0 Å². The van der Waals surface area contributed by atoms with Gasteiger partial charge in [-0.2, -0.15) is 0 Å². The summed E-state index contributed by atoms with van der Waals surface area (Å²) in [5, 5.41) is 2.81. The van der Waals surface area contributed by atoms with Crippen LogP contribution in [0.1, 0.15) is 28.7 Å². The Kier molecular flexibility index (Phi) is 7.87. The summed E-state index contributed by atoms with van der Waals surface area (Å²) in [5.41, 5.74) is 4.18. The van der Waals surface area contributed by atoms with E-state index in [9.17, 15) is 17.6 Å². The van der Waals surface area contributed by atoms with Crippen molar-refractivity contribution < 1.29 is 17.6 Å². The minimum Gasteiger partial charge on any atom is -0.355 e. The second-order valence-corrected chi connectivity index (χ2v) is 10.1. The number of halogens is 1. The van der Waals surface area contributed by atoms with E-state index in [1.54, 1.807) is 42.5 Å². The maximum atomic E-state index is 13.5. The van der Waals surface area contributed by atoms with Crippen molar-refractivity contribution in [3.05, 3.63) is 94.8 Å². The highest BCUT2D eigenvalue weighted by molar-refractivity contribution is 7.92. The molecule has 0 fully saturated rings. The normalized spacial score (nSPS) is 11.3. The predicted molar refractivity (Wildman–Crippen MR) is 129 cm³/mol. The van der Waals surface area contributed by atoms with Gasteiger partial charge in [-0.25, -0.2) is 12.8 Å². The van der Waals surface area contributed by atoms with Gasteiger partial charge in [-0.3, -0.25) is 9.10 Å². The van der Waals surface area contributed by atoms with Crippen LogP contribution in [0.15, 0.2) is 71.6 Å². The molecule has 1 N–H and O–H groups in total. The third kappa shape index (κ3) is 6.42. The summed E-state index contributed by atoms with van der Waals surface area (Å²) in [4.78, 5) is 12.9. The molecule has 0 bridgehead atoms. The number of carbonyl (C=O) groups is 1. The van der Waals surface area contributed by atoms with Gasteiger partial charge in [0, 0.05) is 6.54 Å². The van der Waals surface area contributed by atoms with Crippen LogP contribution in [0.3, 0.4) is 0 Å². The second kappa shape index (κ2) is 10.6. The largest absolute Gasteiger partial charge is 0.355 e. The van der Waals surface area contributed by atoms with Crippen molar-refractivity contribution in [1.82, 2.24) is 5.32 Å². The summed E-state index contributed by atoms with van der Waals surface area (Å²) < 4.78 is 41.1. The van der Waals surface area contributed by atoms with Crippen LogP contribution >= 0.6 is 0 Å². The van der Waals surface area contributed by atoms with E-state index in [-0.39, 0.29) is 23.2 Å². The Morgan fingerprint density at radius 1 is 0.909 bits per heavy atom. The zero-order valence-electron chi connectivity index (χ0n) is 19.1. The summed E-state index contributed by atoms with van der Waals surface area (Å²) in [6.45, 7) is 5.72. The number of sulfonamides is 1. The van der Waals surface area contributed by atoms with Gasteiger partial charge in [-0.05, 0) is 75.1 Å². The van der Waals surface area contributed by atoms with Crippen LogP contribution in [0.4, 0.5) is 10.1 Å². The fraction of sp³-hybridized carbons (Fsp3) is 0.269. The van der Waals surface area contributed by atoms with Gasteiger partial charge in [-0.15, -0.1) is 0 Å². The average molecular weight is 469 g/mol. The van der Waals surface area contributed by atoms with Crippen molar-refractivity contribution in [1.29, 1.82) is 0 Å². The maximum Gasteiger partial charge on any atom is 0.264 e. The quantitative estimate of drug-likeness (QED) is 0.463. The highest BCUT2D eigenvalue weighted by atomic mass is 32.2. The van der Waals surface area contributed by atoms with Gasteiger partial charge in [0.1, 0.15) is 12.4 Å². The van der Waals surface area contributed by atoms with E-state index in [0.29, 0.717) is 25.1 Å². The molecule has 0 atom stereocenters. The first kappa shape index (κ1) is 24.5. The van der Waals surface area contributed by atoms with Gasteiger partial charge in [0.2, 0.25) is 5.91 Å². The highest BCUT2D eigenvalue weighted by Gasteiger charge is 2.28. The molecule has 0 aliphatic carbocycles. The molecular weight excluding hydrogens is 439 g/mol. The van der Waals surface area contributed by atoms with Crippen molar-refractivity contribution in [3.63, 3.8) is 0 Å². The van der Waals surface area contributed by atoms with E-state index < -0.39 is 10.0 Å². The van der Waals surface area contributed by atoms with E-state index in [1.165, 1.54) is 16.4 Å². The summed E-state index contributed by atoms with van der Waals surface area (Å²) in [7, 11) is -3.94. The van der Waals surface area contributed by atoms with Gasteiger partial charge >= 0.3 is 0 Å². The number of amides is 1. The first-order chi connectivity index (χ1) is 15.7. The lowest BCUT2D eigenvalue weighted by molar-refractivity contribution is -0.119. The van der Waals surface area contributed by atoms with Crippen LogP contribution in [0.5, 0.6) is 0 Å². The van der Waals surface area contributed by atoms with Crippen molar-refractivity contribution in [2.24, 2.45) is 0 Å².